The van der Waals surface area contributed by atoms with Crippen molar-refractivity contribution in [2.24, 2.45) is 5.92 Å². The quantitative estimate of drug-likeness (QED) is 0.810. The molecule has 112 valence electrons. The van der Waals surface area contributed by atoms with Crippen molar-refractivity contribution in [3.63, 3.8) is 0 Å². The van der Waals surface area contributed by atoms with Gasteiger partial charge >= 0.3 is 0 Å². The lowest BCUT2D eigenvalue weighted by molar-refractivity contribution is 0.105. The first-order chi connectivity index (χ1) is 9.65. The van der Waals surface area contributed by atoms with Gasteiger partial charge in [-0.05, 0) is 24.5 Å². The van der Waals surface area contributed by atoms with Crippen molar-refractivity contribution in [2.45, 2.75) is 12.5 Å². The van der Waals surface area contributed by atoms with E-state index in [0.29, 0.717) is 28.3 Å². The molecule has 1 fully saturated rings. The minimum atomic E-state index is -0.563. The SMILES string of the molecule is OC(CNCC1CCOC1)COc1ccc(Cl)c(Cl)c1. The first-order valence-corrected chi connectivity index (χ1v) is 7.45. The van der Waals surface area contributed by atoms with Crippen molar-refractivity contribution in [1.29, 1.82) is 0 Å². The number of ether oxygens (including phenoxy) is 2. The van der Waals surface area contributed by atoms with E-state index in [-0.39, 0.29) is 6.61 Å². The Kier molecular flexibility index (Phi) is 6.39. The number of hydrogen-bond donors (Lipinski definition) is 2. The fraction of sp³-hybridized carbons (Fsp3) is 0.571. The first kappa shape index (κ1) is 15.9. The fourth-order valence-electron chi connectivity index (χ4n) is 2.02. The van der Waals surface area contributed by atoms with E-state index in [2.05, 4.69) is 5.32 Å². The summed E-state index contributed by atoms with van der Waals surface area (Å²) in [5, 5.41) is 14.0. The van der Waals surface area contributed by atoms with Crippen LogP contribution in [0.1, 0.15) is 6.42 Å². The third kappa shape index (κ3) is 5.11. The van der Waals surface area contributed by atoms with Gasteiger partial charge in [0.15, 0.2) is 0 Å². The molecule has 2 unspecified atom stereocenters. The van der Waals surface area contributed by atoms with Crippen molar-refractivity contribution in [3.05, 3.63) is 28.2 Å². The molecule has 1 aliphatic rings. The zero-order valence-electron chi connectivity index (χ0n) is 11.1. The van der Waals surface area contributed by atoms with E-state index in [1.54, 1.807) is 18.2 Å². The maximum Gasteiger partial charge on any atom is 0.121 e. The molecular formula is C14H19Cl2NO3. The summed E-state index contributed by atoms with van der Waals surface area (Å²) >= 11 is 11.7. The van der Waals surface area contributed by atoms with Crippen LogP contribution in [0.2, 0.25) is 10.0 Å². The number of aliphatic hydroxyl groups is 1. The summed E-state index contributed by atoms with van der Waals surface area (Å²) < 4.78 is 10.8. The maximum absolute atomic E-state index is 9.83. The number of aliphatic hydroxyl groups excluding tert-OH is 1. The van der Waals surface area contributed by atoms with Crippen molar-refractivity contribution < 1.29 is 14.6 Å². The molecule has 0 saturated carbocycles. The molecule has 0 spiro atoms. The smallest absolute Gasteiger partial charge is 0.121 e. The number of hydrogen-bond acceptors (Lipinski definition) is 4. The molecule has 1 aromatic rings. The average Bonchev–Trinajstić information content (AvgIpc) is 2.93. The van der Waals surface area contributed by atoms with Crippen molar-refractivity contribution in [3.8, 4) is 5.75 Å². The van der Waals surface area contributed by atoms with E-state index in [1.807, 2.05) is 0 Å². The first-order valence-electron chi connectivity index (χ1n) is 6.69. The molecule has 0 aromatic heterocycles. The molecule has 0 radical (unpaired) electrons. The molecule has 4 nitrogen and oxygen atoms in total. The molecular weight excluding hydrogens is 301 g/mol. The van der Waals surface area contributed by atoms with E-state index in [0.717, 1.165) is 26.2 Å². The summed E-state index contributed by atoms with van der Waals surface area (Å²) in [6.45, 7) is 3.23. The number of benzene rings is 1. The van der Waals surface area contributed by atoms with E-state index < -0.39 is 6.10 Å². The van der Waals surface area contributed by atoms with Crippen LogP contribution in [0, 0.1) is 5.92 Å². The van der Waals surface area contributed by atoms with Gasteiger partial charge in [-0.25, -0.2) is 0 Å². The standard InChI is InChI=1S/C14H19Cl2NO3/c15-13-2-1-12(5-14(13)16)20-9-11(18)7-17-6-10-3-4-19-8-10/h1-2,5,10-11,17-18H,3-4,6-9H2. The third-order valence-electron chi connectivity index (χ3n) is 3.17. The number of halogens is 2. The maximum atomic E-state index is 9.83. The second-order valence-corrected chi connectivity index (χ2v) is 5.74. The topological polar surface area (TPSA) is 50.7 Å². The summed E-state index contributed by atoms with van der Waals surface area (Å²) in [6.07, 6.45) is 0.523. The predicted molar refractivity (Wildman–Crippen MR) is 79.8 cm³/mol. The Bertz CT molecular complexity index is 425. The molecule has 1 saturated heterocycles. The van der Waals surface area contributed by atoms with E-state index in [1.165, 1.54) is 0 Å². The number of rotatable bonds is 7. The van der Waals surface area contributed by atoms with Crippen LogP contribution in [0.25, 0.3) is 0 Å². The summed E-state index contributed by atoms with van der Waals surface area (Å²) in [4.78, 5) is 0. The molecule has 2 N–H and O–H groups in total. The van der Waals surface area contributed by atoms with Gasteiger partial charge in [-0.3, -0.25) is 0 Å². The summed E-state index contributed by atoms with van der Waals surface area (Å²) in [7, 11) is 0. The van der Waals surface area contributed by atoms with Crippen LogP contribution in [-0.4, -0.2) is 44.1 Å². The summed E-state index contributed by atoms with van der Waals surface area (Å²) in [5.74, 6) is 1.15. The Morgan fingerprint density at radius 2 is 2.25 bits per heavy atom. The van der Waals surface area contributed by atoms with Crippen molar-refractivity contribution in [1.82, 2.24) is 5.32 Å². The van der Waals surface area contributed by atoms with Gasteiger partial charge in [0.25, 0.3) is 0 Å². The molecule has 0 aliphatic carbocycles. The molecule has 1 aromatic carbocycles. The second-order valence-electron chi connectivity index (χ2n) is 4.93. The zero-order chi connectivity index (χ0) is 14.4. The average molecular weight is 320 g/mol. The predicted octanol–water partition coefficient (Wildman–Crippen LogP) is 2.36. The van der Waals surface area contributed by atoms with Crippen LogP contribution < -0.4 is 10.1 Å². The van der Waals surface area contributed by atoms with Crippen molar-refractivity contribution >= 4 is 23.2 Å². The Balaban J connectivity index is 1.63. The Hall–Kier alpha value is -0.520. The zero-order valence-corrected chi connectivity index (χ0v) is 12.7. The Labute approximate surface area is 129 Å². The molecule has 1 heterocycles. The highest BCUT2D eigenvalue weighted by Crippen LogP contribution is 2.26. The highest BCUT2D eigenvalue weighted by molar-refractivity contribution is 6.42. The van der Waals surface area contributed by atoms with Crippen LogP contribution in [0.3, 0.4) is 0 Å². The highest BCUT2D eigenvalue weighted by atomic mass is 35.5. The van der Waals surface area contributed by atoms with Gasteiger partial charge in [-0.15, -0.1) is 0 Å². The minimum Gasteiger partial charge on any atom is -0.491 e. The molecule has 0 bridgehead atoms. The van der Waals surface area contributed by atoms with E-state index >= 15 is 0 Å². The van der Waals surface area contributed by atoms with Crippen LogP contribution >= 0.6 is 23.2 Å². The molecule has 1 aliphatic heterocycles. The monoisotopic (exact) mass is 319 g/mol. The number of nitrogens with one attached hydrogen (secondary N) is 1. The molecule has 6 heteroatoms. The lowest BCUT2D eigenvalue weighted by Gasteiger charge is -2.15. The van der Waals surface area contributed by atoms with Crippen LogP contribution in [0.4, 0.5) is 0 Å². The van der Waals surface area contributed by atoms with Gasteiger partial charge < -0.3 is 19.9 Å². The molecule has 20 heavy (non-hydrogen) atoms. The molecule has 0 amide bonds. The molecule has 2 rings (SSSR count). The minimum absolute atomic E-state index is 0.214. The van der Waals surface area contributed by atoms with Gasteiger partial charge in [-0.2, -0.15) is 0 Å². The Morgan fingerprint density at radius 1 is 1.40 bits per heavy atom. The van der Waals surface area contributed by atoms with Crippen LogP contribution in [-0.2, 0) is 4.74 Å². The lowest BCUT2D eigenvalue weighted by atomic mass is 10.1. The largest absolute Gasteiger partial charge is 0.491 e. The summed E-state index contributed by atoms with van der Waals surface area (Å²) in [5.41, 5.74) is 0. The molecule has 2 atom stereocenters. The highest BCUT2D eigenvalue weighted by Gasteiger charge is 2.15. The fourth-order valence-corrected chi connectivity index (χ4v) is 2.30. The third-order valence-corrected chi connectivity index (χ3v) is 3.91. The van der Waals surface area contributed by atoms with E-state index in [4.69, 9.17) is 32.7 Å². The van der Waals surface area contributed by atoms with Gasteiger partial charge in [0, 0.05) is 25.8 Å². The van der Waals surface area contributed by atoms with Crippen LogP contribution in [0.15, 0.2) is 18.2 Å². The Morgan fingerprint density at radius 3 is 2.95 bits per heavy atom. The normalized spacial score (nSPS) is 20.1. The van der Waals surface area contributed by atoms with Gasteiger partial charge in [0.2, 0.25) is 0 Å². The summed E-state index contributed by atoms with van der Waals surface area (Å²) in [6, 6.07) is 5.04. The second kappa shape index (κ2) is 8.05. The lowest BCUT2D eigenvalue weighted by Crippen LogP contribution is -2.34. The van der Waals surface area contributed by atoms with Crippen LogP contribution in [0.5, 0.6) is 5.75 Å². The van der Waals surface area contributed by atoms with E-state index in [9.17, 15) is 5.11 Å². The van der Waals surface area contributed by atoms with Crippen molar-refractivity contribution in [2.75, 3.05) is 32.9 Å². The van der Waals surface area contributed by atoms with Gasteiger partial charge in [0.05, 0.1) is 16.7 Å². The van der Waals surface area contributed by atoms with Gasteiger partial charge in [0.1, 0.15) is 18.5 Å². The van der Waals surface area contributed by atoms with Gasteiger partial charge in [-0.1, -0.05) is 23.2 Å².